The second-order valence-electron chi connectivity index (χ2n) is 5.21. The number of carbonyl (C=O) groups excluding carboxylic acids is 1. The summed E-state index contributed by atoms with van der Waals surface area (Å²) >= 11 is 0. The lowest BCUT2D eigenvalue weighted by atomic mass is 9.76. The van der Waals surface area contributed by atoms with Crippen molar-refractivity contribution >= 4 is 5.97 Å². The molecule has 1 atom stereocenters. The van der Waals surface area contributed by atoms with E-state index in [2.05, 4.69) is 0 Å². The Morgan fingerprint density at radius 1 is 1.45 bits per heavy atom. The number of aliphatic hydroxyl groups is 1. The second-order valence-corrected chi connectivity index (χ2v) is 5.21. The number of benzene rings is 1. The van der Waals surface area contributed by atoms with Crippen LogP contribution in [0, 0.1) is 0 Å². The maximum atomic E-state index is 11.5. The van der Waals surface area contributed by atoms with Crippen LogP contribution in [0.5, 0.6) is 5.75 Å². The SMILES string of the molecule is CCOC(=O)CCC1(O)CCCc2cc(OC)ccc21. The van der Waals surface area contributed by atoms with E-state index in [0.29, 0.717) is 19.4 Å². The van der Waals surface area contributed by atoms with E-state index in [1.165, 1.54) is 0 Å². The number of carbonyl (C=O) groups is 1. The number of methoxy groups -OCH3 is 1. The van der Waals surface area contributed by atoms with E-state index in [1.807, 2.05) is 18.2 Å². The normalized spacial score (nSPS) is 21.1. The number of ether oxygens (including phenoxy) is 2. The Labute approximate surface area is 119 Å². The summed E-state index contributed by atoms with van der Waals surface area (Å²) in [6.45, 7) is 2.17. The number of rotatable bonds is 5. The molecule has 0 spiro atoms. The van der Waals surface area contributed by atoms with Crippen LogP contribution in [-0.2, 0) is 21.6 Å². The molecule has 0 saturated heterocycles. The molecule has 0 aliphatic heterocycles. The molecule has 1 unspecified atom stereocenters. The van der Waals surface area contributed by atoms with Gasteiger partial charge in [-0.3, -0.25) is 4.79 Å². The van der Waals surface area contributed by atoms with E-state index < -0.39 is 5.60 Å². The highest BCUT2D eigenvalue weighted by Crippen LogP contribution is 2.40. The average Bonchev–Trinajstić information content (AvgIpc) is 2.45. The number of aryl methyl sites for hydroxylation is 1. The number of hydrogen-bond acceptors (Lipinski definition) is 4. The van der Waals surface area contributed by atoms with E-state index >= 15 is 0 Å². The molecule has 2 rings (SSSR count). The summed E-state index contributed by atoms with van der Waals surface area (Å²) in [5.74, 6) is 0.556. The van der Waals surface area contributed by atoms with E-state index in [1.54, 1.807) is 14.0 Å². The lowest BCUT2D eigenvalue weighted by molar-refractivity contribution is -0.144. The van der Waals surface area contributed by atoms with Crippen LogP contribution in [-0.4, -0.2) is 24.8 Å². The number of fused-ring (bicyclic) bond motifs is 1. The summed E-state index contributed by atoms with van der Waals surface area (Å²) in [5.41, 5.74) is 1.11. The van der Waals surface area contributed by atoms with Gasteiger partial charge in [0.1, 0.15) is 5.75 Å². The molecule has 0 aromatic heterocycles. The van der Waals surface area contributed by atoms with Crippen LogP contribution in [0.3, 0.4) is 0 Å². The molecule has 1 aliphatic rings. The Hall–Kier alpha value is -1.55. The fraction of sp³-hybridized carbons (Fsp3) is 0.562. The average molecular weight is 278 g/mol. The van der Waals surface area contributed by atoms with Crippen LogP contribution in [0.2, 0.25) is 0 Å². The van der Waals surface area contributed by atoms with Gasteiger partial charge in [-0.25, -0.2) is 0 Å². The smallest absolute Gasteiger partial charge is 0.305 e. The van der Waals surface area contributed by atoms with Crippen molar-refractivity contribution < 1.29 is 19.4 Å². The van der Waals surface area contributed by atoms with Gasteiger partial charge in [-0.1, -0.05) is 6.07 Å². The van der Waals surface area contributed by atoms with Crippen molar-refractivity contribution in [1.29, 1.82) is 0 Å². The Balaban J connectivity index is 2.15. The predicted octanol–water partition coefficient (Wildman–Crippen LogP) is 2.56. The first kappa shape index (κ1) is 14.9. The van der Waals surface area contributed by atoms with Crippen LogP contribution in [0.4, 0.5) is 0 Å². The monoisotopic (exact) mass is 278 g/mol. The zero-order valence-corrected chi connectivity index (χ0v) is 12.1. The Morgan fingerprint density at radius 2 is 2.25 bits per heavy atom. The quantitative estimate of drug-likeness (QED) is 0.841. The van der Waals surface area contributed by atoms with Gasteiger partial charge < -0.3 is 14.6 Å². The van der Waals surface area contributed by atoms with Crippen molar-refractivity contribution in [2.24, 2.45) is 0 Å². The van der Waals surface area contributed by atoms with Gasteiger partial charge >= 0.3 is 5.97 Å². The second kappa shape index (κ2) is 6.27. The highest BCUT2D eigenvalue weighted by molar-refractivity contribution is 5.69. The molecule has 4 heteroatoms. The molecular formula is C16H22O4. The van der Waals surface area contributed by atoms with Crippen molar-refractivity contribution in [3.05, 3.63) is 29.3 Å². The van der Waals surface area contributed by atoms with E-state index in [4.69, 9.17) is 9.47 Å². The zero-order chi connectivity index (χ0) is 14.6. The molecule has 1 aliphatic carbocycles. The fourth-order valence-electron chi connectivity index (χ4n) is 2.87. The molecule has 1 aromatic carbocycles. The molecule has 110 valence electrons. The van der Waals surface area contributed by atoms with Crippen LogP contribution < -0.4 is 4.74 Å². The van der Waals surface area contributed by atoms with Gasteiger partial charge in [0.05, 0.1) is 19.3 Å². The van der Waals surface area contributed by atoms with Crippen LogP contribution >= 0.6 is 0 Å². The molecule has 0 amide bonds. The van der Waals surface area contributed by atoms with Crippen molar-refractivity contribution in [3.8, 4) is 5.75 Å². The van der Waals surface area contributed by atoms with Crippen LogP contribution in [0.25, 0.3) is 0 Å². The fourth-order valence-corrected chi connectivity index (χ4v) is 2.87. The van der Waals surface area contributed by atoms with Gasteiger partial charge in [0.15, 0.2) is 0 Å². The summed E-state index contributed by atoms with van der Waals surface area (Å²) in [4.78, 5) is 11.5. The molecule has 0 radical (unpaired) electrons. The zero-order valence-electron chi connectivity index (χ0n) is 12.1. The molecular weight excluding hydrogens is 256 g/mol. The molecule has 4 nitrogen and oxygen atoms in total. The van der Waals surface area contributed by atoms with E-state index in [9.17, 15) is 9.90 Å². The predicted molar refractivity (Wildman–Crippen MR) is 75.7 cm³/mol. The number of esters is 1. The first-order valence-corrected chi connectivity index (χ1v) is 7.14. The molecule has 1 N–H and O–H groups in total. The highest BCUT2D eigenvalue weighted by atomic mass is 16.5. The summed E-state index contributed by atoms with van der Waals surface area (Å²) < 4.78 is 10.2. The van der Waals surface area contributed by atoms with Gasteiger partial charge in [-0.05, 0) is 55.9 Å². The molecule has 0 fully saturated rings. The van der Waals surface area contributed by atoms with Crippen molar-refractivity contribution in [2.75, 3.05) is 13.7 Å². The third-order valence-corrected chi connectivity index (χ3v) is 3.90. The maximum absolute atomic E-state index is 11.5. The first-order chi connectivity index (χ1) is 9.59. The molecule has 20 heavy (non-hydrogen) atoms. The Bertz CT molecular complexity index is 483. The van der Waals surface area contributed by atoms with E-state index in [0.717, 1.165) is 29.7 Å². The van der Waals surface area contributed by atoms with E-state index in [-0.39, 0.29) is 12.4 Å². The third-order valence-electron chi connectivity index (χ3n) is 3.90. The third kappa shape index (κ3) is 3.12. The van der Waals surface area contributed by atoms with Crippen LogP contribution in [0.15, 0.2) is 18.2 Å². The molecule has 0 saturated carbocycles. The maximum Gasteiger partial charge on any atom is 0.305 e. The standard InChI is InChI=1S/C16H22O4/c1-3-20-15(17)8-10-16(18)9-4-5-12-11-13(19-2)6-7-14(12)16/h6-7,11,18H,3-5,8-10H2,1-2H3. The minimum atomic E-state index is -0.924. The minimum Gasteiger partial charge on any atom is -0.497 e. The van der Waals surface area contributed by atoms with Gasteiger partial charge in [0.2, 0.25) is 0 Å². The van der Waals surface area contributed by atoms with Crippen LogP contribution in [0.1, 0.15) is 43.7 Å². The molecule has 1 aromatic rings. The van der Waals surface area contributed by atoms with Crippen molar-refractivity contribution in [2.45, 2.75) is 44.6 Å². The first-order valence-electron chi connectivity index (χ1n) is 7.14. The summed E-state index contributed by atoms with van der Waals surface area (Å²) in [5, 5.41) is 10.9. The van der Waals surface area contributed by atoms with Gasteiger partial charge in [-0.15, -0.1) is 0 Å². The topological polar surface area (TPSA) is 55.8 Å². The minimum absolute atomic E-state index is 0.246. The lowest BCUT2D eigenvalue weighted by Crippen LogP contribution is -2.31. The van der Waals surface area contributed by atoms with Crippen molar-refractivity contribution in [1.82, 2.24) is 0 Å². The Kier molecular flexibility index (Phi) is 4.65. The summed E-state index contributed by atoms with van der Waals surface area (Å²) in [6.07, 6.45) is 3.19. The van der Waals surface area contributed by atoms with Gasteiger partial charge in [0.25, 0.3) is 0 Å². The lowest BCUT2D eigenvalue weighted by Gasteiger charge is -2.34. The molecule has 0 heterocycles. The van der Waals surface area contributed by atoms with Gasteiger partial charge in [-0.2, -0.15) is 0 Å². The molecule has 0 bridgehead atoms. The summed E-state index contributed by atoms with van der Waals surface area (Å²) in [6, 6.07) is 5.75. The largest absolute Gasteiger partial charge is 0.497 e. The Morgan fingerprint density at radius 3 is 2.95 bits per heavy atom. The van der Waals surface area contributed by atoms with Crippen molar-refractivity contribution in [3.63, 3.8) is 0 Å². The van der Waals surface area contributed by atoms with Gasteiger partial charge in [0, 0.05) is 6.42 Å². The number of hydrogen-bond donors (Lipinski definition) is 1. The highest BCUT2D eigenvalue weighted by Gasteiger charge is 2.34. The summed E-state index contributed by atoms with van der Waals surface area (Å²) in [7, 11) is 1.64.